The van der Waals surface area contributed by atoms with E-state index in [1.807, 2.05) is 6.08 Å². The Balaban J connectivity index is 2.26. The van der Waals surface area contributed by atoms with Crippen LogP contribution in [0.2, 0.25) is 0 Å². The predicted octanol–water partition coefficient (Wildman–Crippen LogP) is 0.384. The molecule has 2 aliphatic rings. The normalized spacial score (nSPS) is 31.0. The van der Waals surface area contributed by atoms with E-state index in [0.29, 0.717) is 18.7 Å². The third kappa shape index (κ3) is 0.743. The van der Waals surface area contributed by atoms with Crippen LogP contribution in [-0.2, 0) is 9.63 Å². The lowest BCUT2D eigenvalue weighted by Crippen LogP contribution is -2.20. The molecule has 3 nitrogen and oxygen atoms in total. The summed E-state index contributed by atoms with van der Waals surface area (Å²) in [5, 5.41) is 0. The molecule has 0 aromatic heterocycles. The van der Waals surface area contributed by atoms with Gasteiger partial charge in [-0.05, 0) is 12.5 Å². The third-order valence-corrected chi connectivity index (χ3v) is 1.95. The van der Waals surface area contributed by atoms with Crippen LogP contribution < -0.4 is 5.48 Å². The molecule has 0 radical (unpaired) electrons. The summed E-state index contributed by atoms with van der Waals surface area (Å²) in [6.07, 6.45) is 3.51. The molecule has 1 fully saturated rings. The van der Waals surface area contributed by atoms with Crippen LogP contribution in [0.5, 0.6) is 0 Å². The third-order valence-electron chi connectivity index (χ3n) is 1.95. The van der Waals surface area contributed by atoms with Crippen molar-refractivity contribution in [3.63, 3.8) is 0 Å². The molecule has 2 rings (SSSR count). The highest BCUT2D eigenvalue weighted by atomic mass is 16.7. The molecule has 1 unspecified atom stereocenters. The summed E-state index contributed by atoms with van der Waals surface area (Å²) in [6, 6.07) is 0. The first-order valence-electron chi connectivity index (χ1n) is 3.50. The Hall–Kier alpha value is -0.830. The lowest BCUT2D eigenvalue weighted by molar-refractivity contribution is -0.121. The van der Waals surface area contributed by atoms with E-state index in [1.165, 1.54) is 0 Å². The SMILES string of the molecule is O=C1CCC=C2ONCC12. The van der Waals surface area contributed by atoms with Crippen LogP contribution >= 0.6 is 0 Å². The fraction of sp³-hybridized carbons (Fsp3) is 0.571. The van der Waals surface area contributed by atoms with E-state index in [4.69, 9.17) is 4.84 Å². The number of hydroxylamine groups is 1. The molecule has 0 saturated carbocycles. The van der Waals surface area contributed by atoms with Crippen molar-refractivity contribution in [3.8, 4) is 0 Å². The van der Waals surface area contributed by atoms with Gasteiger partial charge in [0, 0.05) is 13.0 Å². The van der Waals surface area contributed by atoms with Gasteiger partial charge in [0.1, 0.15) is 11.5 Å². The number of hydrogen-bond acceptors (Lipinski definition) is 3. The zero-order valence-corrected chi connectivity index (χ0v) is 5.59. The second-order valence-corrected chi connectivity index (χ2v) is 2.61. The monoisotopic (exact) mass is 139 g/mol. The Morgan fingerprint density at radius 3 is 3.40 bits per heavy atom. The van der Waals surface area contributed by atoms with Gasteiger partial charge in [-0.15, -0.1) is 0 Å². The second-order valence-electron chi connectivity index (χ2n) is 2.61. The molecule has 1 aliphatic heterocycles. The highest BCUT2D eigenvalue weighted by Gasteiger charge is 2.31. The minimum atomic E-state index is 0.0220. The molecule has 0 aromatic rings. The van der Waals surface area contributed by atoms with Gasteiger partial charge in [0.25, 0.3) is 0 Å². The van der Waals surface area contributed by atoms with E-state index in [1.54, 1.807) is 0 Å². The molecule has 0 spiro atoms. The fourth-order valence-corrected chi connectivity index (χ4v) is 1.37. The molecule has 1 N–H and O–H groups in total. The number of allylic oxidation sites excluding steroid dienone is 1. The number of ketones is 1. The zero-order chi connectivity index (χ0) is 6.97. The summed E-state index contributed by atoms with van der Waals surface area (Å²) in [5.41, 5.74) is 2.71. The first-order valence-corrected chi connectivity index (χ1v) is 3.50. The Labute approximate surface area is 59.0 Å². The van der Waals surface area contributed by atoms with Gasteiger partial charge in [-0.3, -0.25) is 4.79 Å². The average molecular weight is 139 g/mol. The van der Waals surface area contributed by atoms with E-state index in [-0.39, 0.29) is 5.92 Å². The van der Waals surface area contributed by atoms with Gasteiger partial charge in [-0.2, -0.15) is 5.48 Å². The molecule has 1 saturated heterocycles. The Kier molecular flexibility index (Phi) is 1.24. The first-order chi connectivity index (χ1) is 4.88. The number of fused-ring (bicyclic) bond motifs is 1. The minimum Gasteiger partial charge on any atom is -0.413 e. The van der Waals surface area contributed by atoms with Crippen molar-refractivity contribution in [3.05, 3.63) is 11.8 Å². The van der Waals surface area contributed by atoms with E-state index >= 15 is 0 Å². The summed E-state index contributed by atoms with van der Waals surface area (Å²) in [7, 11) is 0. The highest BCUT2D eigenvalue weighted by molar-refractivity contribution is 5.85. The molecular formula is C7H9NO2. The summed E-state index contributed by atoms with van der Waals surface area (Å²) in [5.74, 6) is 1.16. The van der Waals surface area contributed by atoms with E-state index in [0.717, 1.165) is 12.2 Å². The standard InChI is InChI=1S/C7H9NO2/c9-6-2-1-3-7-5(6)4-8-10-7/h3,5,8H,1-2,4H2. The van der Waals surface area contributed by atoms with Crippen molar-refractivity contribution in [1.82, 2.24) is 5.48 Å². The maximum Gasteiger partial charge on any atom is 0.145 e. The van der Waals surface area contributed by atoms with Crippen molar-refractivity contribution in [2.75, 3.05) is 6.54 Å². The molecule has 54 valence electrons. The highest BCUT2D eigenvalue weighted by Crippen LogP contribution is 2.24. The second kappa shape index (κ2) is 2.09. The Morgan fingerprint density at radius 1 is 1.70 bits per heavy atom. The van der Waals surface area contributed by atoms with Crippen LogP contribution in [0.4, 0.5) is 0 Å². The predicted molar refractivity (Wildman–Crippen MR) is 34.9 cm³/mol. The fourth-order valence-electron chi connectivity index (χ4n) is 1.37. The summed E-state index contributed by atoms with van der Waals surface area (Å²) in [4.78, 5) is 16.1. The summed E-state index contributed by atoms with van der Waals surface area (Å²) >= 11 is 0. The molecule has 0 bridgehead atoms. The van der Waals surface area contributed by atoms with E-state index < -0.39 is 0 Å². The molecule has 1 atom stereocenters. The van der Waals surface area contributed by atoms with Crippen LogP contribution in [-0.4, -0.2) is 12.3 Å². The molecule has 10 heavy (non-hydrogen) atoms. The lowest BCUT2D eigenvalue weighted by Gasteiger charge is -2.10. The van der Waals surface area contributed by atoms with E-state index in [2.05, 4.69) is 5.48 Å². The minimum absolute atomic E-state index is 0.0220. The van der Waals surface area contributed by atoms with Gasteiger partial charge in [0.2, 0.25) is 0 Å². The lowest BCUT2D eigenvalue weighted by atomic mass is 9.93. The Bertz CT molecular complexity index is 198. The van der Waals surface area contributed by atoms with Gasteiger partial charge in [-0.1, -0.05) is 0 Å². The van der Waals surface area contributed by atoms with Crippen LogP contribution in [0.15, 0.2) is 11.8 Å². The van der Waals surface area contributed by atoms with Crippen molar-refractivity contribution in [2.24, 2.45) is 5.92 Å². The van der Waals surface area contributed by atoms with Crippen molar-refractivity contribution in [1.29, 1.82) is 0 Å². The smallest absolute Gasteiger partial charge is 0.145 e. The van der Waals surface area contributed by atoms with Crippen LogP contribution in [0.1, 0.15) is 12.8 Å². The first kappa shape index (κ1) is 5.92. The van der Waals surface area contributed by atoms with Gasteiger partial charge in [0.15, 0.2) is 0 Å². The van der Waals surface area contributed by atoms with Crippen molar-refractivity contribution < 1.29 is 9.63 Å². The average Bonchev–Trinajstić information content (AvgIpc) is 2.36. The molecular weight excluding hydrogens is 130 g/mol. The molecule has 1 aliphatic carbocycles. The molecule has 0 amide bonds. The summed E-state index contributed by atoms with van der Waals surface area (Å²) in [6.45, 7) is 0.657. The Morgan fingerprint density at radius 2 is 2.60 bits per heavy atom. The topological polar surface area (TPSA) is 38.3 Å². The van der Waals surface area contributed by atoms with Gasteiger partial charge in [-0.25, -0.2) is 0 Å². The number of nitrogens with one attached hydrogen (secondary N) is 1. The zero-order valence-electron chi connectivity index (χ0n) is 5.59. The molecule has 0 aromatic carbocycles. The van der Waals surface area contributed by atoms with Crippen molar-refractivity contribution >= 4 is 5.78 Å². The number of Topliss-reactive ketones (excluding diaryl/α,β-unsaturated/α-hetero) is 1. The maximum absolute atomic E-state index is 11.1. The summed E-state index contributed by atoms with van der Waals surface area (Å²) < 4.78 is 0. The quantitative estimate of drug-likeness (QED) is 0.527. The van der Waals surface area contributed by atoms with Gasteiger partial charge >= 0.3 is 0 Å². The number of carbonyl (C=O) groups is 1. The number of hydrogen-bond donors (Lipinski definition) is 1. The molecule has 3 heteroatoms. The maximum atomic E-state index is 11.1. The van der Waals surface area contributed by atoms with Crippen LogP contribution in [0.25, 0.3) is 0 Å². The van der Waals surface area contributed by atoms with Crippen molar-refractivity contribution in [2.45, 2.75) is 12.8 Å². The largest absolute Gasteiger partial charge is 0.413 e. The van der Waals surface area contributed by atoms with Crippen LogP contribution in [0, 0.1) is 5.92 Å². The number of carbonyl (C=O) groups excluding carboxylic acids is 1. The van der Waals surface area contributed by atoms with E-state index in [9.17, 15) is 4.79 Å². The molecule has 1 heterocycles. The van der Waals surface area contributed by atoms with Gasteiger partial charge in [0.05, 0.1) is 5.92 Å². The van der Waals surface area contributed by atoms with Crippen LogP contribution in [0.3, 0.4) is 0 Å². The number of rotatable bonds is 0. The van der Waals surface area contributed by atoms with Gasteiger partial charge < -0.3 is 4.84 Å².